The van der Waals surface area contributed by atoms with E-state index in [0.29, 0.717) is 0 Å². The summed E-state index contributed by atoms with van der Waals surface area (Å²) in [5.41, 5.74) is 2.21. The predicted molar refractivity (Wildman–Crippen MR) is 81.8 cm³/mol. The van der Waals surface area contributed by atoms with Crippen molar-refractivity contribution in [2.24, 2.45) is 7.05 Å². The molecule has 2 atom stereocenters. The van der Waals surface area contributed by atoms with Gasteiger partial charge in [-0.05, 0) is 13.0 Å². The van der Waals surface area contributed by atoms with Gasteiger partial charge in [0.2, 0.25) is 0 Å². The molecule has 1 fully saturated rings. The van der Waals surface area contributed by atoms with Crippen molar-refractivity contribution < 1.29 is 5.11 Å². The molecule has 2 heterocycles. The number of rotatable bonds is 3. The van der Waals surface area contributed by atoms with E-state index >= 15 is 0 Å². The number of hydrogen-bond acceptors (Lipinski definition) is 3. The summed E-state index contributed by atoms with van der Waals surface area (Å²) in [6.45, 7) is 6.14. The first-order valence-corrected chi connectivity index (χ1v) is 7.35. The molecule has 2 aromatic rings. The van der Waals surface area contributed by atoms with Crippen molar-refractivity contribution in [3.8, 4) is 0 Å². The van der Waals surface area contributed by atoms with Crippen molar-refractivity contribution >= 4 is 10.9 Å². The summed E-state index contributed by atoms with van der Waals surface area (Å²) in [6, 6.07) is 8.41. The Hall–Kier alpha value is -1.36. The fraction of sp³-hybridized carbons (Fsp3) is 0.500. The summed E-state index contributed by atoms with van der Waals surface area (Å²) in [5, 5.41) is 15.3. The molecule has 0 aliphatic carbocycles. The third kappa shape index (κ3) is 2.35. The molecular weight excluding hydrogens is 250 g/mol. The normalized spacial score (nSPS) is 20.1. The Balaban J connectivity index is 1.89. The molecule has 2 N–H and O–H groups in total. The van der Waals surface area contributed by atoms with E-state index in [1.165, 1.54) is 5.52 Å². The molecule has 1 aromatic heterocycles. The van der Waals surface area contributed by atoms with Gasteiger partial charge < -0.3 is 15.0 Å². The van der Waals surface area contributed by atoms with E-state index in [-0.39, 0.29) is 6.04 Å². The average molecular weight is 273 g/mol. The summed E-state index contributed by atoms with van der Waals surface area (Å²) < 4.78 is 2.10. The van der Waals surface area contributed by atoms with Gasteiger partial charge in [0.25, 0.3) is 0 Å². The van der Waals surface area contributed by atoms with Gasteiger partial charge in [-0.25, -0.2) is 0 Å². The summed E-state index contributed by atoms with van der Waals surface area (Å²) in [5.74, 6) is 0. The number of para-hydroxylation sites is 1. The van der Waals surface area contributed by atoms with Gasteiger partial charge >= 0.3 is 0 Å². The maximum atomic E-state index is 10.8. The van der Waals surface area contributed by atoms with Gasteiger partial charge in [-0.3, -0.25) is 4.90 Å². The molecule has 1 aromatic carbocycles. The molecule has 2 unspecified atom stereocenters. The van der Waals surface area contributed by atoms with Gasteiger partial charge in [-0.15, -0.1) is 0 Å². The Kier molecular flexibility index (Phi) is 3.78. The van der Waals surface area contributed by atoms with E-state index in [2.05, 4.69) is 40.0 Å². The van der Waals surface area contributed by atoms with Gasteiger partial charge in [0, 0.05) is 61.9 Å². The van der Waals surface area contributed by atoms with Crippen LogP contribution >= 0.6 is 0 Å². The highest BCUT2D eigenvalue weighted by molar-refractivity contribution is 5.84. The van der Waals surface area contributed by atoms with Crippen molar-refractivity contribution in [2.45, 2.75) is 19.1 Å². The third-order valence-corrected chi connectivity index (χ3v) is 4.43. The summed E-state index contributed by atoms with van der Waals surface area (Å²) in [4.78, 5) is 2.36. The van der Waals surface area contributed by atoms with E-state index < -0.39 is 6.10 Å². The highest BCUT2D eigenvalue weighted by Crippen LogP contribution is 2.29. The molecule has 1 aliphatic heterocycles. The van der Waals surface area contributed by atoms with E-state index in [1.807, 2.05) is 19.2 Å². The first kappa shape index (κ1) is 13.6. The molecule has 0 spiro atoms. The number of fused-ring (bicyclic) bond motifs is 1. The highest BCUT2D eigenvalue weighted by Gasteiger charge is 2.26. The van der Waals surface area contributed by atoms with Gasteiger partial charge in [0.05, 0.1) is 6.10 Å². The lowest BCUT2D eigenvalue weighted by Gasteiger charge is -2.35. The molecule has 20 heavy (non-hydrogen) atoms. The Morgan fingerprint density at radius 3 is 2.65 bits per heavy atom. The number of nitrogens with zero attached hydrogens (tertiary/aromatic N) is 2. The molecule has 1 saturated heterocycles. The predicted octanol–water partition coefficient (Wildman–Crippen LogP) is 1.51. The second-order valence-corrected chi connectivity index (χ2v) is 5.68. The van der Waals surface area contributed by atoms with Crippen LogP contribution in [0.2, 0.25) is 0 Å². The van der Waals surface area contributed by atoms with Gasteiger partial charge in [-0.2, -0.15) is 0 Å². The average Bonchev–Trinajstić information content (AvgIpc) is 2.84. The number of aromatic nitrogens is 1. The second-order valence-electron chi connectivity index (χ2n) is 5.68. The van der Waals surface area contributed by atoms with E-state index in [0.717, 1.165) is 37.1 Å². The Morgan fingerprint density at radius 1 is 1.20 bits per heavy atom. The number of aryl methyl sites for hydroxylation is 1. The maximum Gasteiger partial charge on any atom is 0.0963 e. The minimum absolute atomic E-state index is 0.142. The minimum Gasteiger partial charge on any atom is -0.387 e. The van der Waals surface area contributed by atoms with Crippen LogP contribution in [0.25, 0.3) is 10.9 Å². The zero-order valence-electron chi connectivity index (χ0n) is 12.2. The topological polar surface area (TPSA) is 40.4 Å². The van der Waals surface area contributed by atoms with Crippen molar-refractivity contribution in [1.29, 1.82) is 0 Å². The standard InChI is InChI=1S/C16H23N3O/c1-12(19-9-7-17-8-10-19)16(20)14-11-18(2)15-6-4-3-5-13(14)15/h3-6,11-12,16-17,20H,7-10H2,1-2H3. The zero-order valence-corrected chi connectivity index (χ0v) is 12.2. The van der Waals surface area contributed by atoms with Gasteiger partial charge in [0.15, 0.2) is 0 Å². The minimum atomic E-state index is -0.445. The van der Waals surface area contributed by atoms with Crippen LogP contribution in [0.15, 0.2) is 30.5 Å². The van der Waals surface area contributed by atoms with Crippen LogP contribution in [0.1, 0.15) is 18.6 Å². The van der Waals surface area contributed by atoms with Crippen molar-refractivity contribution in [3.05, 3.63) is 36.0 Å². The first-order chi connectivity index (χ1) is 9.68. The molecule has 0 amide bonds. The van der Waals surface area contributed by atoms with E-state index in [4.69, 9.17) is 0 Å². The van der Waals surface area contributed by atoms with E-state index in [1.54, 1.807) is 0 Å². The number of aliphatic hydroxyl groups is 1. The smallest absolute Gasteiger partial charge is 0.0963 e. The van der Waals surface area contributed by atoms with Crippen LogP contribution in [-0.2, 0) is 7.05 Å². The van der Waals surface area contributed by atoms with Crippen LogP contribution in [0, 0.1) is 0 Å². The molecular formula is C16H23N3O. The number of benzene rings is 1. The van der Waals surface area contributed by atoms with Crippen LogP contribution in [0.4, 0.5) is 0 Å². The number of aliphatic hydroxyl groups excluding tert-OH is 1. The van der Waals surface area contributed by atoms with Crippen LogP contribution in [-0.4, -0.2) is 46.8 Å². The highest BCUT2D eigenvalue weighted by atomic mass is 16.3. The number of nitrogens with one attached hydrogen (secondary N) is 1. The molecule has 4 heteroatoms. The lowest BCUT2D eigenvalue weighted by atomic mass is 10.0. The summed E-state index contributed by atoms with van der Waals surface area (Å²) in [7, 11) is 2.04. The van der Waals surface area contributed by atoms with Gasteiger partial charge in [0.1, 0.15) is 0 Å². The van der Waals surface area contributed by atoms with Crippen LogP contribution < -0.4 is 5.32 Å². The van der Waals surface area contributed by atoms with Crippen LogP contribution in [0.3, 0.4) is 0 Å². The lowest BCUT2D eigenvalue weighted by molar-refractivity contribution is 0.0518. The van der Waals surface area contributed by atoms with E-state index in [9.17, 15) is 5.11 Å². The molecule has 3 rings (SSSR count). The van der Waals surface area contributed by atoms with Crippen molar-refractivity contribution in [1.82, 2.24) is 14.8 Å². The molecule has 4 nitrogen and oxygen atoms in total. The SMILES string of the molecule is CC(C(O)c1cn(C)c2ccccc12)N1CCNCC1. The molecule has 108 valence electrons. The quantitative estimate of drug-likeness (QED) is 0.890. The molecule has 1 aliphatic rings. The van der Waals surface area contributed by atoms with Crippen molar-refractivity contribution in [3.63, 3.8) is 0 Å². The lowest BCUT2D eigenvalue weighted by Crippen LogP contribution is -2.49. The molecule has 0 bridgehead atoms. The summed E-state index contributed by atoms with van der Waals surface area (Å²) in [6.07, 6.45) is 1.62. The first-order valence-electron chi connectivity index (χ1n) is 7.35. The second kappa shape index (κ2) is 5.56. The number of piperazine rings is 1. The Labute approximate surface area is 120 Å². The fourth-order valence-corrected chi connectivity index (χ4v) is 3.16. The van der Waals surface area contributed by atoms with Gasteiger partial charge in [-0.1, -0.05) is 18.2 Å². The Bertz CT molecular complexity index is 586. The zero-order chi connectivity index (χ0) is 14.1. The maximum absolute atomic E-state index is 10.8. The fourth-order valence-electron chi connectivity index (χ4n) is 3.16. The van der Waals surface area contributed by atoms with Crippen LogP contribution in [0.5, 0.6) is 0 Å². The monoisotopic (exact) mass is 273 g/mol. The Morgan fingerprint density at radius 2 is 1.90 bits per heavy atom. The van der Waals surface area contributed by atoms with Crippen molar-refractivity contribution in [2.75, 3.05) is 26.2 Å². The molecule has 0 radical (unpaired) electrons. The molecule has 0 saturated carbocycles. The largest absolute Gasteiger partial charge is 0.387 e. The number of hydrogen-bond donors (Lipinski definition) is 2. The third-order valence-electron chi connectivity index (χ3n) is 4.43. The summed E-state index contributed by atoms with van der Waals surface area (Å²) >= 11 is 0.